The van der Waals surface area contributed by atoms with E-state index >= 15 is 0 Å². The summed E-state index contributed by atoms with van der Waals surface area (Å²) in [5, 5.41) is 6.79. The Kier molecular flexibility index (Phi) is 3.23. The molecule has 6 heteroatoms. The van der Waals surface area contributed by atoms with Crippen molar-refractivity contribution < 1.29 is 4.39 Å². The summed E-state index contributed by atoms with van der Waals surface area (Å²) in [4.78, 5) is 1.84. The Morgan fingerprint density at radius 1 is 1.47 bits per heavy atom. The van der Waals surface area contributed by atoms with Crippen molar-refractivity contribution in [2.24, 2.45) is 7.05 Å². The van der Waals surface area contributed by atoms with Gasteiger partial charge >= 0.3 is 0 Å². The van der Waals surface area contributed by atoms with Gasteiger partial charge in [0.05, 0.1) is 0 Å². The largest absolute Gasteiger partial charge is 0.340 e. The maximum atomic E-state index is 13.5. The molecule has 17 heavy (non-hydrogen) atoms. The first-order valence-corrected chi connectivity index (χ1v) is 5.56. The Balaban J connectivity index is 2.23. The fourth-order valence-corrected chi connectivity index (χ4v) is 1.76. The molecule has 2 rings (SSSR count). The minimum Gasteiger partial charge on any atom is -0.340 e. The minimum atomic E-state index is -0.212. The van der Waals surface area contributed by atoms with Gasteiger partial charge in [-0.3, -0.25) is 4.57 Å². The Morgan fingerprint density at radius 3 is 2.76 bits per heavy atom. The van der Waals surface area contributed by atoms with Crippen molar-refractivity contribution in [3.63, 3.8) is 0 Å². The Morgan fingerprint density at radius 2 is 2.18 bits per heavy atom. The van der Waals surface area contributed by atoms with Crippen molar-refractivity contribution in [1.82, 2.24) is 14.8 Å². The smallest absolute Gasteiger partial charge is 0.225 e. The molecule has 0 saturated heterocycles. The fourth-order valence-electron chi connectivity index (χ4n) is 1.63. The molecule has 2 aromatic rings. The number of rotatable bonds is 3. The number of nitrogens with one attached hydrogen (secondary N) is 1. The molecule has 0 aliphatic rings. The lowest BCUT2D eigenvalue weighted by Gasteiger charge is -2.17. The summed E-state index contributed by atoms with van der Waals surface area (Å²) in [5.41, 5.74) is 0.629. The molecule has 0 radical (unpaired) electrons. The molecule has 1 heterocycles. The van der Waals surface area contributed by atoms with Gasteiger partial charge in [0.15, 0.2) is 4.77 Å². The van der Waals surface area contributed by atoms with Gasteiger partial charge < -0.3 is 4.90 Å². The van der Waals surface area contributed by atoms with Crippen LogP contribution in [0.15, 0.2) is 24.3 Å². The number of nitrogens with zero attached hydrogens (tertiary/aromatic N) is 3. The lowest BCUT2D eigenvalue weighted by molar-refractivity contribution is 0.606. The van der Waals surface area contributed by atoms with Gasteiger partial charge in [-0.1, -0.05) is 18.2 Å². The molecule has 4 nitrogen and oxygen atoms in total. The van der Waals surface area contributed by atoms with Crippen LogP contribution in [0.2, 0.25) is 0 Å². The maximum absolute atomic E-state index is 13.5. The number of benzene rings is 1. The molecule has 90 valence electrons. The van der Waals surface area contributed by atoms with E-state index in [1.165, 1.54) is 6.07 Å². The van der Waals surface area contributed by atoms with Crippen LogP contribution in [0.5, 0.6) is 0 Å². The van der Waals surface area contributed by atoms with Gasteiger partial charge in [0.2, 0.25) is 5.95 Å². The molecule has 0 amide bonds. The molecule has 1 N–H and O–H groups in total. The highest BCUT2D eigenvalue weighted by atomic mass is 32.1. The average molecular weight is 252 g/mol. The molecule has 1 aromatic heterocycles. The highest BCUT2D eigenvalue weighted by Crippen LogP contribution is 2.14. The third-order valence-corrected chi connectivity index (χ3v) is 2.93. The summed E-state index contributed by atoms with van der Waals surface area (Å²) in [7, 11) is 3.66. The van der Waals surface area contributed by atoms with E-state index in [0.717, 1.165) is 0 Å². The summed E-state index contributed by atoms with van der Waals surface area (Å²) >= 11 is 5.03. The summed E-state index contributed by atoms with van der Waals surface area (Å²) in [6.07, 6.45) is 0. The zero-order chi connectivity index (χ0) is 12.4. The molecule has 0 aliphatic carbocycles. The first kappa shape index (κ1) is 11.8. The van der Waals surface area contributed by atoms with E-state index in [0.29, 0.717) is 22.8 Å². The lowest BCUT2D eigenvalue weighted by atomic mass is 10.2. The van der Waals surface area contributed by atoms with E-state index in [4.69, 9.17) is 12.2 Å². The quantitative estimate of drug-likeness (QED) is 0.851. The zero-order valence-electron chi connectivity index (χ0n) is 9.64. The molecule has 0 saturated carbocycles. The monoisotopic (exact) mass is 252 g/mol. The summed E-state index contributed by atoms with van der Waals surface area (Å²) in [6.45, 7) is 0.445. The molecular formula is C11H13FN4S. The van der Waals surface area contributed by atoms with E-state index < -0.39 is 0 Å². The first-order valence-electron chi connectivity index (χ1n) is 5.15. The molecule has 0 unspecified atom stereocenters. The normalized spacial score (nSPS) is 10.5. The zero-order valence-corrected chi connectivity index (χ0v) is 10.5. The molecule has 0 bridgehead atoms. The summed E-state index contributed by atoms with van der Waals surface area (Å²) in [6, 6.07) is 6.70. The van der Waals surface area contributed by atoms with Crippen LogP contribution in [0.1, 0.15) is 5.56 Å². The van der Waals surface area contributed by atoms with Gasteiger partial charge in [0.25, 0.3) is 0 Å². The van der Waals surface area contributed by atoms with E-state index in [1.807, 2.05) is 25.1 Å². The molecule has 0 fully saturated rings. The van der Waals surface area contributed by atoms with E-state index in [1.54, 1.807) is 16.7 Å². The molecule has 0 atom stereocenters. The van der Waals surface area contributed by atoms with Crippen molar-refractivity contribution in [1.29, 1.82) is 0 Å². The molecule has 0 spiro atoms. The number of aromatic nitrogens is 3. The Bertz CT molecular complexity index is 575. The summed E-state index contributed by atoms with van der Waals surface area (Å²) in [5.74, 6) is 0.467. The number of anilines is 1. The maximum Gasteiger partial charge on any atom is 0.225 e. The highest BCUT2D eigenvalue weighted by Gasteiger charge is 2.10. The van der Waals surface area contributed by atoms with E-state index in [9.17, 15) is 4.39 Å². The van der Waals surface area contributed by atoms with Gasteiger partial charge in [-0.2, -0.15) is 0 Å². The van der Waals surface area contributed by atoms with Crippen LogP contribution in [0.3, 0.4) is 0 Å². The van der Waals surface area contributed by atoms with Crippen LogP contribution < -0.4 is 4.90 Å². The fraction of sp³-hybridized carbons (Fsp3) is 0.273. The molecule has 0 aliphatic heterocycles. The van der Waals surface area contributed by atoms with Gasteiger partial charge in [0, 0.05) is 26.2 Å². The second kappa shape index (κ2) is 4.67. The van der Waals surface area contributed by atoms with Crippen molar-refractivity contribution in [2.45, 2.75) is 6.54 Å². The van der Waals surface area contributed by atoms with E-state index in [2.05, 4.69) is 10.2 Å². The van der Waals surface area contributed by atoms with Crippen LogP contribution in [0.25, 0.3) is 0 Å². The van der Waals surface area contributed by atoms with Crippen LogP contribution in [-0.4, -0.2) is 21.8 Å². The Hall–Kier alpha value is -1.69. The number of hydrogen-bond donors (Lipinski definition) is 1. The highest BCUT2D eigenvalue weighted by molar-refractivity contribution is 7.71. The van der Waals surface area contributed by atoms with Crippen molar-refractivity contribution in [3.8, 4) is 0 Å². The standard InChI is InChI=1S/C11H13FN4S/c1-15(10-13-14-11(17)16(10)2)7-8-5-3-4-6-9(8)12/h3-6H,7H2,1-2H3,(H,14,17). The number of halogens is 1. The predicted molar refractivity (Wildman–Crippen MR) is 66.9 cm³/mol. The number of aromatic amines is 1. The first-order chi connectivity index (χ1) is 8.09. The molecular weight excluding hydrogens is 239 g/mol. The van der Waals surface area contributed by atoms with Crippen LogP contribution in [0.4, 0.5) is 10.3 Å². The Labute approximate surface area is 104 Å². The summed E-state index contributed by atoms with van der Waals surface area (Å²) < 4.78 is 15.8. The topological polar surface area (TPSA) is 36.9 Å². The van der Waals surface area contributed by atoms with Crippen LogP contribution in [-0.2, 0) is 13.6 Å². The SMILES string of the molecule is CN(Cc1ccccc1F)c1n[nH]c(=S)n1C. The van der Waals surface area contributed by atoms with Gasteiger partial charge in [0.1, 0.15) is 5.82 Å². The molecule has 1 aromatic carbocycles. The number of H-pyrrole nitrogens is 1. The third kappa shape index (κ3) is 2.36. The lowest BCUT2D eigenvalue weighted by Crippen LogP contribution is -2.20. The van der Waals surface area contributed by atoms with Crippen LogP contribution in [0, 0.1) is 10.6 Å². The average Bonchev–Trinajstić information content (AvgIpc) is 2.63. The van der Waals surface area contributed by atoms with Gasteiger partial charge in [-0.05, 0) is 18.3 Å². The van der Waals surface area contributed by atoms with Gasteiger partial charge in [-0.15, -0.1) is 5.10 Å². The van der Waals surface area contributed by atoms with Crippen LogP contribution >= 0.6 is 12.2 Å². The third-order valence-electron chi connectivity index (χ3n) is 2.56. The van der Waals surface area contributed by atoms with E-state index in [-0.39, 0.29) is 5.82 Å². The van der Waals surface area contributed by atoms with Crippen molar-refractivity contribution in [2.75, 3.05) is 11.9 Å². The predicted octanol–water partition coefficient (Wildman–Crippen LogP) is 2.25. The van der Waals surface area contributed by atoms with Crippen molar-refractivity contribution in [3.05, 3.63) is 40.4 Å². The van der Waals surface area contributed by atoms with Crippen molar-refractivity contribution >= 4 is 18.2 Å². The second-order valence-electron chi connectivity index (χ2n) is 3.84. The second-order valence-corrected chi connectivity index (χ2v) is 4.22. The minimum absolute atomic E-state index is 0.212. The number of hydrogen-bond acceptors (Lipinski definition) is 3. The van der Waals surface area contributed by atoms with Gasteiger partial charge in [-0.25, -0.2) is 9.49 Å².